The predicted molar refractivity (Wildman–Crippen MR) is 137 cm³/mol. The molecule has 7 N–H and O–H groups in total. The number of amides is 3. The molecule has 3 amide bonds. The molecule has 194 valence electrons. The Labute approximate surface area is 215 Å². The third kappa shape index (κ3) is 8.99. The summed E-state index contributed by atoms with van der Waals surface area (Å²) in [7, 11) is 0. The van der Waals surface area contributed by atoms with Crippen molar-refractivity contribution < 1.29 is 29.4 Å². The maximum Gasteiger partial charge on any atom is 0.326 e. The number of carbonyl (C=O) groups excluding carboxylic acids is 3. The maximum atomic E-state index is 12.8. The number of thiol groups is 1. The van der Waals surface area contributed by atoms with Crippen molar-refractivity contribution in [3.05, 3.63) is 71.8 Å². The third-order valence-corrected chi connectivity index (χ3v) is 5.78. The fourth-order valence-electron chi connectivity index (χ4n) is 3.40. The molecule has 0 aromatic heterocycles. The Morgan fingerprint density at radius 1 is 0.806 bits per heavy atom. The standard InChI is InChI=1S/C25H32N4O6S/c1-15(30)21(24(33)27-19(25(34)35)13-17-10-6-3-7-11-17)29-23(32)20(14-36)28-22(31)18(26)12-16-8-4-2-5-9-16/h2-11,15,18-21,30,36H,12-14,26H2,1H3,(H,27,33)(H,28,31)(H,29,32)(H,34,35). The normalized spacial score (nSPS) is 15.0. The molecule has 0 fully saturated rings. The number of aliphatic hydroxyl groups excluding tert-OH is 1. The average Bonchev–Trinajstić information content (AvgIpc) is 2.85. The van der Waals surface area contributed by atoms with Gasteiger partial charge in [0.15, 0.2) is 0 Å². The lowest BCUT2D eigenvalue weighted by molar-refractivity contribution is -0.143. The van der Waals surface area contributed by atoms with E-state index in [1.807, 2.05) is 30.3 Å². The highest BCUT2D eigenvalue weighted by molar-refractivity contribution is 7.80. The van der Waals surface area contributed by atoms with E-state index >= 15 is 0 Å². The van der Waals surface area contributed by atoms with Crippen LogP contribution < -0.4 is 21.7 Å². The summed E-state index contributed by atoms with van der Waals surface area (Å²) in [6, 6.07) is 13.0. The first-order valence-electron chi connectivity index (χ1n) is 11.4. The van der Waals surface area contributed by atoms with Gasteiger partial charge in [0.25, 0.3) is 0 Å². The molecule has 36 heavy (non-hydrogen) atoms. The predicted octanol–water partition coefficient (Wildman–Crippen LogP) is -0.351. The summed E-state index contributed by atoms with van der Waals surface area (Å²) in [5, 5.41) is 26.9. The van der Waals surface area contributed by atoms with E-state index < -0.39 is 54.0 Å². The monoisotopic (exact) mass is 516 g/mol. The lowest BCUT2D eigenvalue weighted by Gasteiger charge is -2.26. The van der Waals surface area contributed by atoms with Crippen LogP contribution in [0.25, 0.3) is 0 Å². The number of rotatable bonds is 13. The number of aliphatic hydroxyl groups is 1. The van der Waals surface area contributed by atoms with Gasteiger partial charge in [0.1, 0.15) is 18.1 Å². The SMILES string of the molecule is CC(O)C(NC(=O)C(CS)NC(=O)C(N)Cc1ccccc1)C(=O)NC(Cc1ccccc1)C(=O)O. The largest absolute Gasteiger partial charge is 0.480 e. The molecule has 0 saturated carbocycles. The molecule has 0 spiro atoms. The third-order valence-electron chi connectivity index (χ3n) is 5.41. The number of carbonyl (C=O) groups is 4. The van der Waals surface area contributed by atoms with E-state index in [4.69, 9.17) is 5.73 Å². The summed E-state index contributed by atoms with van der Waals surface area (Å²) in [6.45, 7) is 1.28. The van der Waals surface area contributed by atoms with E-state index in [-0.39, 0.29) is 18.6 Å². The van der Waals surface area contributed by atoms with Gasteiger partial charge >= 0.3 is 5.97 Å². The van der Waals surface area contributed by atoms with Crippen LogP contribution in [0, 0.1) is 0 Å². The van der Waals surface area contributed by atoms with Crippen molar-refractivity contribution in [3.8, 4) is 0 Å². The van der Waals surface area contributed by atoms with Crippen molar-refractivity contribution in [1.82, 2.24) is 16.0 Å². The van der Waals surface area contributed by atoms with Crippen molar-refractivity contribution in [3.63, 3.8) is 0 Å². The van der Waals surface area contributed by atoms with Crippen molar-refractivity contribution >= 4 is 36.3 Å². The highest BCUT2D eigenvalue weighted by Gasteiger charge is 2.32. The summed E-state index contributed by atoms with van der Waals surface area (Å²) in [6.07, 6.45) is -1.09. The fourth-order valence-corrected chi connectivity index (χ4v) is 3.66. The Balaban J connectivity index is 2.01. The molecule has 11 heteroatoms. The molecular weight excluding hydrogens is 484 g/mol. The molecule has 0 heterocycles. The van der Waals surface area contributed by atoms with Crippen molar-refractivity contribution in [2.24, 2.45) is 5.73 Å². The Morgan fingerprint density at radius 2 is 1.31 bits per heavy atom. The van der Waals surface area contributed by atoms with Crippen LogP contribution in [-0.4, -0.2) is 69.9 Å². The van der Waals surface area contributed by atoms with Crippen LogP contribution in [0.5, 0.6) is 0 Å². The topological polar surface area (TPSA) is 171 Å². The lowest BCUT2D eigenvalue weighted by atomic mass is 10.0. The summed E-state index contributed by atoms with van der Waals surface area (Å²) in [5.41, 5.74) is 7.50. The minimum Gasteiger partial charge on any atom is -0.480 e. The van der Waals surface area contributed by atoms with Gasteiger partial charge in [-0.05, 0) is 24.5 Å². The van der Waals surface area contributed by atoms with Gasteiger partial charge in [-0.1, -0.05) is 60.7 Å². The first kappa shape index (κ1) is 28.8. The molecule has 0 bridgehead atoms. The molecular formula is C25H32N4O6S. The van der Waals surface area contributed by atoms with Crippen LogP contribution in [0.15, 0.2) is 60.7 Å². The fraction of sp³-hybridized carbons (Fsp3) is 0.360. The quantitative estimate of drug-likeness (QED) is 0.178. The van der Waals surface area contributed by atoms with Crippen LogP contribution in [0.1, 0.15) is 18.1 Å². The first-order chi connectivity index (χ1) is 17.1. The van der Waals surface area contributed by atoms with Crippen LogP contribution in [0.2, 0.25) is 0 Å². The molecule has 0 radical (unpaired) electrons. The van der Waals surface area contributed by atoms with Gasteiger partial charge in [-0.25, -0.2) is 4.79 Å². The Morgan fingerprint density at radius 3 is 1.78 bits per heavy atom. The zero-order chi connectivity index (χ0) is 26.7. The molecule has 2 aromatic carbocycles. The number of nitrogens with two attached hydrogens (primary N) is 1. The van der Waals surface area contributed by atoms with Gasteiger partial charge in [0, 0.05) is 12.2 Å². The van der Waals surface area contributed by atoms with Crippen molar-refractivity contribution in [2.45, 2.75) is 50.0 Å². The molecule has 0 saturated heterocycles. The molecule has 5 atom stereocenters. The smallest absolute Gasteiger partial charge is 0.326 e. The highest BCUT2D eigenvalue weighted by atomic mass is 32.1. The van der Waals surface area contributed by atoms with E-state index in [0.29, 0.717) is 5.56 Å². The number of aliphatic carboxylic acids is 1. The molecule has 5 unspecified atom stereocenters. The molecule has 0 aliphatic rings. The van der Waals surface area contributed by atoms with Gasteiger partial charge in [-0.3, -0.25) is 14.4 Å². The van der Waals surface area contributed by atoms with Gasteiger partial charge < -0.3 is 31.9 Å². The van der Waals surface area contributed by atoms with Crippen LogP contribution in [0.3, 0.4) is 0 Å². The summed E-state index contributed by atoms with van der Waals surface area (Å²) in [4.78, 5) is 49.8. The number of benzene rings is 2. The zero-order valence-electron chi connectivity index (χ0n) is 19.8. The van der Waals surface area contributed by atoms with E-state index in [0.717, 1.165) is 5.56 Å². The average molecular weight is 517 g/mol. The van der Waals surface area contributed by atoms with Crippen molar-refractivity contribution in [2.75, 3.05) is 5.75 Å². The molecule has 0 aliphatic heterocycles. The van der Waals surface area contributed by atoms with Gasteiger partial charge in [-0.2, -0.15) is 12.6 Å². The molecule has 0 aliphatic carbocycles. The zero-order valence-corrected chi connectivity index (χ0v) is 20.7. The first-order valence-corrected chi connectivity index (χ1v) is 12.0. The second-order valence-electron chi connectivity index (χ2n) is 8.36. The summed E-state index contributed by atoms with van der Waals surface area (Å²) >= 11 is 4.10. The van der Waals surface area contributed by atoms with Gasteiger partial charge in [0.05, 0.1) is 12.1 Å². The number of nitrogens with one attached hydrogen (secondary N) is 3. The van der Waals surface area contributed by atoms with E-state index in [1.54, 1.807) is 30.3 Å². The number of carboxylic acids is 1. The second-order valence-corrected chi connectivity index (χ2v) is 8.72. The number of carboxylic acid groups (broad SMARTS) is 1. The maximum absolute atomic E-state index is 12.8. The Hall–Kier alpha value is -3.41. The van der Waals surface area contributed by atoms with E-state index in [2.05, 4.69) is 28.6 Å². The highest BCUT2D eigenvalue weighted by Crippen LogP contribution is 2.06. The second kappa shape index (κ2) is 14.2. The lowest BCUT2D eigenvalue weighted by Crippen LogP contribution is -2.60. The summed E-state index contributed by atoms with van der Waals surface area (Å²) in [5.74, 6) is -3.61. The Bertz CT molecular complexity index is 1020. The van der Waals surface area contributed by atoms with Gasteiger partial charge in [0.2, 0.25) is 17.7 Å². The minimum atomic E-state index is -1.47. The van der Waals surface area contributed by atoms with Crippen LogP contribution in [-0.2, 0) is 32.0 Å². The van der Waals surface area contributed by atoms with Crippen LogP contribution >= 0.6 is 12.6 Å². The number of hydrogen-bond donors (Lipinski definition) is 7. The molecule has 2 aromatic rings. The summed E-state index contributed by atoms with van der Waals surface area (Å²) < 4.78 is 0. The molecule has 10 nitrogen and oxygen atoms in total. The minimum absolute atomic E-state index is 0.0109. The van der Waals surface area contributed by atoms with E-state index in [9.17, 15) is 29.4 Å². The van der Waals surface area contributed by atoms with Crippen molar-refractivity contribution in [1.29, 1.82) is 0 Å². The van der Waals surface area contributed by atoms with Crippen LogP contribution in [0.4, 0.5) is 0 Å². The number of hydrogen-bond acceptors (Lipinski definition) is 7. The molecule has 2 rings (SSSR count). The van der Waals surface area contributed by atoms with Gasteiger partial charge in [-0.15, -0.1) is 0 Å². The van der Waals surface area contributed by atoms with E-state index in [1.165, 1.54) is 6.92 Å². The Kier molecular flexibility index (Phi) is 11.4.